The van der Waals surface area contributed by atoms with Crippen molar-refractivity contribution in [2.45, 2.75) is 63.8 Å². The Balaban J connectivity index is 1.77. The van der Waals surface area contributed by atoms with Crippen LogP contribution in [0, 0.1) is 5.92 Å². The van der Waals surface area contributed by atoms with E-state index in [9.17, 15) is 0 Å². The fourth-order valence-electron chi connectivity index (χ4n) is 3.05. The lowest BCUT2D eigenvalue weighted by atomic mass is 9.84. The maximum Gasteiger partial charge on any atom is 0.225 e. The summed E-state index contributed by atoms with van der Waals surface area (Å²) in [5.74, 6) is 2.71. The molecular weight excluding hydrogens is 234 g/mol. The molecule has 0 radical (unpaired) electrons. The summed E-state index contributed by atoms with van der Waals surface area (Å²) in [6.07, 6.45) is 9.00. The minimum absolute atomic E-state index is 0.552. The predicted molar refractivity (Wildman–Crippen MR) is 68.3 cm³/mol. The molecule has 0 spiro atoms. The fraction of sp³-hybridized carbons (Fsp3) is 0.846. The van der Waals surface area contributed by atoms with Gasteiger partial charge in [-0.1, -0.05) is 13.3 Å². The van der Waals surface area contributed by atoms with Gasteiger partial charge in [-0.25, -0.2) is 0 Å². The smallest absolute Gasteiger partial charge is 0.225 e. The number of hydrogen-bond acceptors (Lipinski definition) is 2. The highest BCUT2D eigenvalue weighted by Gasteiger charge is 2.33. The quantitative estimate of drug-likeness (QED) is 0.817. The summed E-state index contributed by atoms with van der Waals surface area (Å²) < 4.78 is 2.23. The van der Waals surface area contributed by atoms with Gasteiger partial charge in [0, 0.05) is 12.0 Å². The van der Waals surface area contributed by atoms with E-state index in [2.05, 4.69) is 21.7 Å². The first kappa shape index (κ1) is 11.5. The van der Waals surface area contributed by atoms with Crippen LogP contribution in [-0.4, -0.2) is 14.8 Å². The van der Waals surface area contributed by atoms with Gasteiger partial charge in [-0.05, 0) is 56.0 Å². The van der Waals surface area contributed by atoms with Crippen molar-refractivity contribution in [3.05, 3.63) is 11.1 Å². The maximum absolute atomic E-state index is 6.21. The van der Waals surface area contributed by atoms with Gasteiger partial charge < -0.3 is 0 Å². The zero-order chi connectivity index (χ0) is 11.8. The second kappa shape index (κ2) is 4.60. The first-order valence-corrected chi connectivity index (χ1v) is 7.27. The molecule has 3 rings (SSSR count). The summed E-state index contributed by atoms with van der Waals surface area (Å²) in [6, 6.07) is 0.552. The molecule has 0 N–H and O–H groups in total. The summed E-state index contributed by atoms with van der Waals surface area (Å²) >= 11 is 6.21. The van der Waals surface area contributed by atoms with Crippen molar-refractivity contribution in [3.8, 4) is 0 Å². The van der Waals surface area contributed by atoms with Gasteiger partial charge in [0.1, 0.15) is 5.82 Å². The normalized spacial score (nSPS) is 29.5. The number of nitrogens with zero attached hydrogens (tertiary/aromatic N) is 3. The Morgan fingerprint density at radius 3 is 2.41 bits per heavy atom. The summed E-state index contributed by atoms with van der Waals surface area (Å²) in [5.41, 5.74) is 0. The van der Waals surface area contributed by atoms with Gasteiger partial charge in [0.05, 0.1) is 0 Å². The lowest BCUT2D eigenvalue weighted by Crippen LogP contribution is -2.19. The summed E-state index contributed by atoms with van der Waals surface area (Å²) in [5, 5.41) is 8.95. The van der Waals surface area contributed by atoms with Gasteiger partial charge in [-0.3, -0.25) is 4.57 Å². The zero-order valence-corrected chi connectivity index (χ0v) is 11.2. The topological polar surface area (TPSA) is 30.7 Å². The fourth-order valence-corrected chi connectivity index (χ4v) is 3.31. The van der Waals surface area contributed by atoms with Crippen molar-refractivity contribution in [2.24, 2.45) is 5.92 Å². The van der Waals surface area contributed by atoms with Gasteiger partial charge in [0.2, 0.25) is 5.28 Å². The highest BCUT2D eigenvalue weighted by Crippen LogP contribution is 2.43. The molecule has 4 heteroatoms. The van der Waals surface area contributed by atoms with Gasteiger partial charge in [0.25, 0.3) is 0 Å². The third-order valence-electron chi connectivity index (χ3n) is 4.38. The van der Waals surface area contributed by atoms with Crippen LogP contribution in [0.4, 0.5) is 0 Å². The molecule has 0 unspecified atom stereocenters. The Hall–Kier alpha value is -0.570. The maximum atomic E-state index is 6.21. The Kier molecular flexibility index (Phi) is 3.12. The lowest BCUT2D eigenvalue weighted by molar-refractivity contribution is 0.265. The molecule has 0 aromatic carbocycles. The van der Waals surface area contributed by atoms with Gasteiger partial charge in [0.15, 0.2) is 0 Å². The molecule has 1 aromatic rings. The standard InChI is InChI=1S/C13H20ClN3/c1-2-9-3-7-11(8-4-9)17-12(10-5-6-10)15-16-13(17)14/h9-11H,2-8H2,1H3. The molecule has 0 aliphatic heterocycles. The van der Waals surface area contributed by atoms with E-state index in [0.29, 0.717) is 17.2 Å². The van der Waals surface area contributed by atoms with Crippen molar-refractivity contribution in [3.63, 3.8) is 0 Å². The van der Waals surface area contributed by atoms with E-state index in [0.717, 1.165) is 11.7 Å². The Bertz CT molecular complexity index is 389. The van der Waals surface area contributed by atoms with E-state index in [1.807, 2.05) is 0 Å². The Morgan fingerprint density at radius 1 is 1.12 bits per heavy atom. The SMILES string of the molecule is CCC1CCC(n2c(Cl)nnc2C2CC2)CC1. The van der Waals surface area contributed by atoms with Crippen molar-refractivity contribution < 1.29 is 0 Å². The third kappa shape index (κ3) is 2.22. The molecular formula is C13H20ClN3. The second-order valence-corrected chi connectivity index (χ2v) is 5.89. The summed E-state index contributed by atoms with van der Waals surface area (Å²) in [7, 11) is 0. The molecule has 0 atom stereocenters. The number of halogens is 1. The number of aromatic nitrogens is 3. The van der Waals surface area contributed by atoms with Crippen molar-refractivity contribution in [1.82, 2.24) is 14.8 Å². The largest absolute Gasteiger partial charge is 0.298 e. The van der Waals surface area contributed by atoms with Crippen LogP contribution in [0.5, 0.6) is 0 Å². The van der Waals surface area contributed by atoms with E-state index in [1.165, 1.54) is 44.9 Å². The van der Waals surface area contributed by atoms with Crippen LogP contribution < -0.4 is 0 Å². The molecule has 1 heterocycles. The highest BCUT2D eigenvalue weighted by molar-refractivity contribution is 6.28. The van der Waals surface area contributed by atoms with Crippen LogP contribution >= 0.6 is 11.6 Å². The van der Waals surface area contributed by atoms with Gasteiger partial charge in [-0.2, -0.15) is 0 Å². The molecule has 2 saturated carbocycles. The average Bonchev–Trinajstić information content (AvgIpc) is 3.13. The molecule has 3 nitrogen and oxygen atoms in total. The van der Waals surface area contributed by atoms with Crippen LogP contribution in [0.25, 0.3) is 0 Å². The molecule has 0 saturated heterocycles. The minimum Gasteiger partial charge on any atom is -0.298 e. The molecule has 94 valence electrons. The number of rotatable bonds is 3. The average molecular weight is 254 g/mol. The van der Waals surface area contributed by atoms with Crippen molar-refractivity contribution >= 4 is 11.6 Å². The molecule has 2 aliphatic rings. The molecule has 1 aromatic heterocycles. The third-order valence-corrected chi connectivity index (χ3v) is 4.64. The van der Waals surface area contributed by atoms with Crippen LogP contribution in [0.1, 0.15) is 69.7 Å². The summed E-state index contributed by atoms with van der Waals surface area (Å²) in [6.45, 7) is 2.30. The van der Waals surface area contributed by atoms with E-state index >= 15 is 0 Å². The van der Waals surface area contributed by atoms with Crippen LogP contribution in [0.15, 0.2) is 0 Å². The van der Waals surface area contributed by atoms with Crippen LogP contribution in [-0.2, 0) is 0 Å². The van der Waals surface area contributed by atoms with Crippen molar-refractivity contribution in [1.29, 1.82) is 0 Å². The van der Waals surface area contributed by atoms with E-state index < -0.39 is 0 Å². The molecule has 2 fully saturated rings. The van der Waals surface area contributed by atoms with Gasteiger partial charge >= 0.3 is 0 Å². The van der Waals surface area contributed by atoms with E-state index in [-0.39, 0.29) is 0 Å². The lowest BCUT2D eigenvalue weighted by Gasteiger charge is -2.29. The zero-order valence-electron chi connectivity index (χ0n) is 10.4. The Labute approximate surface area is 108 Å². The van der Waals surface area contributed by atoms with Crippen LogP contribution in [0.3, 0.4) is 0 Å². The van der Waals surface area contributed by atoms with Gasteiger partial charge in [-0.15, -0.1) is 10.2 Å². The Morgan fingerprint density at radius 2 is 1.82 bits per heavy atom. The second-order valence-electron chi connectivity index (χ2n) is 5.55. The number of hydrogen-bond donors (Lipinski definition) is 0. The molecule has 2 aliphatic carbocycles. The van der Waals surface area contributed by atoms with E-state index in [4.69, 9.17) is 11.6 Å². The predicted octanol–water partition coefficient (Wildman–Crippen LogP) is 3.95. The molecule has 17 heavy (non-hydrogen) atoms. The van der Waals surface area contributed by atoms with E-state index in [1.54, 1.807) is 0 Å². The highest BCUT2D eigenvalue weighted by atomic mass is 35.5. The first-order chi connectivity index (χ1) is 8.29. The monoisotopic (exact) mass is 253 g/mol. The summed E-state index contributed by atoms with van der Waals surface area (Å²) in [4.78, 5) is 0. The minimum atomic E-state index is 0.552. The van der Waals surface area contributed by atoms with Crippen LogP contribution in [0.2, 0.25) is 5.28 Å². The molecule has 0 bridgehead atoms. The first-order valence-electron chi connectivity index (χ1n) is 6.90. The molecule has 0 amide bonds. The van der Waals surface area contributed by atoms with Crippen molar-refractivity contribution in [2.75, 3.05) is 0 Å².